The van der Waals surface area contributed by atoms with Crippen molar-refractivity contribution in [2.45, 2.75) is 18.4 Å². The molecule has 2 aliphatic rings. The highest BCUT2D eigenvalue weighted by Gasteiger charge is 2.38. The molecular formula is C19H23F2N5O2S. The maximum absolute atomic E-state index is 15.4. The van der Waals surface area contributed by atoms with Gasteiger partial charge in [-0.1, -0.05) is 13.0 Å². The molecule has 0 N–H and O–H groups in total. The van der Waals surface area contributed by atoms with E-state index in [1.807, 2.05) is 6.92 Å². The molecule has 0 amide bonds. The Labute approximate surface area is 168 Å². The van der Waals surface area contributed by atoms with Crippen molar-refractivity contribution in [1.29, 1.82) is 0 Å². The van der Waals surface area contributed by atoms with Gasteiger partial charge in [0.1, 0.15) is 10.6 Å². The first-order chi connectivity index (χ1) is 13.9. The molecule has 29 heavy (non-hydrogen) atoms. The van der Waals surface area contributed by atoms with E-state index in [4.69, 9.17) is 0 Å². The maximum Gasteiger partial charge on any atom is 0.239 e. The van der Waals surface area contributed by atoms with E-state index in [-0.39, 0.29) is 30.3 Å². The molecule has 2 aromatic heterocycles. The zero-order chi connectivity index (χ0) is 20.6. The van der Waals surface area contributed by atoms with Crippen molar-refractivity contribution in [3.8, 4) is 0 Å². The second-order valence-corrected chi connectivity index (χ2v) is 9.29. The average molecular weight is 423 g/mol. The number of hydrogen-bond acceptors (Lipinski definition) is 7. The van der Waals surface area contributed by atoms with Crippen molar-refractivity contribution in [2.75, 3.05) is 54.8 Å². The van der Waals surface area contributed by atoms with Crippen LogP contribution in [0.5, 0.6) is 0 Å². The smallest absolute Gasteiger partial charge is 0.239 e. The second kappa shape index (κ2) is 7.83. The first-order valence-corrected chi connectivity index (χ1v) is 11.3. The summed E-state index contributed by atoms with van der Waals surface area (Å²) in [7, 11) is -3.95. The molecule has 2 aromatic rings. The fraction of sp³-hybridized carbons (Fsp3) is 0.474. The number of rotatable bonds is 4. The summed E-state index contributed by atoms with van der Waals surface area (Å²) in [5.74, 6) is -2.41. The Kier molecular flexibility index (Phi) is 5.39. The first kappa shape index (κ1) is 20.0. The lowest BCUT2D eigenvalue weighted by Gasteiger charge is -2.36. The number of halogens is 2. The van der Waals surface area contributed by atoms with E-state index < -0.39 is 26.5 Å². The molecular weight excluding hydrogens is 400 g/mol. The van der Waals surface area contributed by atoms with Gasteiger partial charge in [0.15, 0.2) is 21.5 Å². The summed E-state index contributed by atoms with van der Waals surface area (Å²) in [6, 6.07) is 3.55. The summed E-state index contributed by atoms with van der Waals surface area (Å²) >= 11 is 0. The van der Waals surface area contributed by atoms with E-state index >= 15 is 8.78 Å². The highest BCUT2D eigenvalue weighted by Crippen LogP contribution is 2.38. The largest absolute Gasteiger partial charge is 0.361 e. The number of sulfone groups is 1. The van der Waals surface area contributed by atoms with Gasteiger partial charge in [-0.3, -0.25) is 4.98 Å². The van der Waals surface area contributed by atoms with Gasteiger partial charge in [0.2, 0.25) is 5.95 Å². The van der Waals surface area contributed by atoms with Crippen LogP contribution in [0.15, 0.2) is 29.4 Å². The van der Waals surface area contributed by atoms with Crippen molar-refractivity contribution in [3.05, 3.63) is 41.9 Å². The van der Waals surface area contributed by atoms with Gasteiger partial charge in [-0.05, 0) is 18.2 Å². The Morgan fingerprint density at radius 1 is 1.14 bits per heavy atom. The lowest BCUT2D eigenvalue weighted by atomic mass is 10.2. The minimum absolute atomic E-state index is 0.0663. The van der Waals surface area contributed by atoms with Crippen LogP contribution in [0.25, 0.3) is 0 Å². The second-order valence-electron chi connectivity index (χ2n) is 7.24. The highest BCUT2D eigenvalue weighted by atomic mass is 32.2. The number of aromatic nitrogens is 2. The Hall–Kier alpha value is -2.33. The molecule has 0 saturated carbocycles. The van der Waals surface area contributed by atoms with E-state index in [9.17, 15) is 8.42 Å². The summed E-state index contributed by atoms with van der Waals surface area (Å²) in [5.41, 5.74) is 0.492. The third-order valence-electron chi connectivity index (χ3n) is 5.48. The Morgan fingerprint density at radius 2 is 1.90 bits per heavy atom. The fourth-order valence-corrected chi connectivity index (χ4v) is 5.39. The van der Waals surface area contributed by atoms with Crippen LogP contribution >= 0.6 is 0 Å². The van der Waals surface area contributed by atoms with Crippen molar-refractivity contribution >= 4 is 21.3 Å². The van der Waals surface area contributed by atoms with Gasteiger partial charge in [-0.15, -0.1) is 0 Å². The standard InChI is InChI=1S/C19H23F2N5O2S/c1-2-24-6-8-25(9-7-24)19-15(20)17-16(18(21)23-19)26(10-11-29(17,27)28)13-14-4-3-5-22-12-14/h3-5,12H,2,6-11,13H2,1H3. The van der Waals surface area contributed by atoms with Crippen LogP contribution < -0.4 is 9.80 Å². The SMILES string of the molecule is CCN1CCN(c2nc(F)c3c(c2F)S(=O)(=O)CCN3Cc2cccnc2)CC1. The molecule has 0 bridgehead atoms. The molecule has 1 fully saturated rings. The van der Waals surface area contributed by atoms with Crippen LogP contribution in [0.2, 0.25) is 0 Å². The van der Waals surface area contributed by atoms with E-state index in [2.05, 4.69) is 14.9 Å². The summed E-state index contributed by atoms with van der Waals surface area (Å²) in [6.45, 7) is 5.52. The molecule has 0 unspecified atom stereocenters. The van der Waals surface area contributed by atoms with E-state index in [1.165, 1.54) is 4.90 Å². The van der Waals surface area contributed by atoms with Crippen LogP contribution in [0, 0.1) is 11.8 Å². The fourth-order valence-electron chi connectivity index (χ4n) is 3.85. The quantitative estimate of drug-likeness (QED) is 0.693. The van der Waals surface area contributed by atoms with Crippen molar-refractivity contribution < 1.29 is 17.2 Å². The van der Waals surface area contributed by atoms with Crippen LogP contribution in [-0.2, 0) is 16.4 Å². The van der Waals surface area contributed by atoms with Crippen molar-refractivity contribution in [3.63, 3.8) is 0 Å². The van der Waals surface area contributed by atoms with Crippen LogP contribution in [0.3, 0.4) is 0 Å². The molecule has 4 rings (SSSR count). The van der Waals surface area contributed by atoms with Gasteiger partial charge >= 0.3 is 0 Å². The van der Waals surface area contributed by atoms with E-state index in [1.54, 1.807) is 29.4 Å². The number of pyridine rings is 2. The van der Waals surface area contributed by atoms with E-state index in [0.717, 1.165) is 12.1 Å². The lowest BCUT2D eigenvalue weighted by Crippen LogP contribution is -2.47. The zero-order valence-electron chi connectivity index (χ0n) is 16.2. The van der Waals surface area contributed by atoms with Crippen LogP contribution in [0.1, 0.15) is 12.5 Å². The van der Waals surface area contributed by atoms with Gasteiger partial charge in [0.05, 0.1) is 5.75 Å². The van der Waals surface area contributed by atoms with Gasteiger partial charge in [0.25, 0.3) is 0 Å². The monoisotopic (exact) mass is 423 g/mol. The van der Waals surface area contributed by atoms with Gasteiger partial charge in [0, 0.05) is 51.7 Å². The average Bonchev–Trinajstić information content (AvgIpc) is 2.72. The molecule has 0 spiro atoms. The summed E-state index contributed by atoms with van der Waals surface area (Å²) in [4.78, 5) is 12.7. The van der Waals surface area contributed by atoms with Crippen molar-refractivity contribution in [1.82, 2.24) is 14.9 Å². The van der Waals surface area contributed by atoms with E-state index in [0.29, 0.717) is 26.2 Å². The predicted molar refractivity (Wildman–Crippen MR) is 106 cm³/mol. The molecule has 7 nitrogen and oxygen atoms in total. The van der Waals surface area contributed by atoms with Gasteiger partial charge < -0.3 is 14.7 Å². The Bertz CT molecular complexity index is 995. The molecule has 0 radical (unpaired) electrons. The van der Waals surface area contributed by atoms with Crippen molar-refractivity contribution in [2.24, 2.45) is 0 Å². The third kappa shape index (κ3) is 3.78. The zero-order valence-corrected chi connectivity index (χ0v) is 17.0. The molecule has 4 heterocycles. The van der Waals surface area contributed by atoms with Crippen LogP contribution in [0.4, 0.5) is 20.3 Å². The van der Waals surface area contributed by atoms with Crippen LogP contribution in [-0.4, -0.2) is 68.3 Å². The van der Waals surface area contributed by atoms with Gasteiger partial charge in [-0.2, -0.15) is 9.37 Å². The summed E-state index contributed by atoms with van der Waals surface area (Å²) in [6.07, 6.45) is 3.23. The molecule has 156 valence electrons. The predicted octanol–water partition coefficient (Wildman–Crippen LogP) is 1.69. The lowest BCUT2D eigenvalue weighted by molar-refractivity contribution is 0.269. The molecule has 0 aliphatic carbocycles. The Balaban J connectivity index is 1.74. The topological polar surface area (TPSA) is 69.6 Å². The maximum atomic E-state index is 15.4. The minimum atomic E-state index is -3.95. The number of hydrogen-bond donors (Lipinski definition) is 0. The first-order valence-electron chi connectivity index (χ1n) is 9.63. The molecule has 2 aliphatic heterocycles. The highest BCUT2D eigenvalue weighted by molar-refractivity contribution is 7.91. The summed E-state index contributed by atoms with van der Waals surface area (Å²) in [5, 5.41) is 0. The molecule has 10 heteroatoms. The van der Waals surface area contributed by atoms with Gasteiger partial charge in [-0.25, -0.2) is 12.8 Å². The number of anilines is 2. The number of fused-ring (bicyclic) bond motifs is 1. The molecule has 1 saturated heterocycles. The number of piperazine rings is 1. The molecule has 0 aromatic carbocycles. The Morgan fingerprint density at radius 3 is 2.55 bits per heavy atom. The normalized spacial score (nSPS) is 19.3. The number of likely N-dealkylation sites (N-methyl/N-ethyl adjacent to an activating group) is 1. The number of nitrogens with zero attached hydrogens (tertiary/aromatic N) is 5. The third-order valence-corrected chi connectivity index (χ3v) is 7.20. The molecule has 0 atom stereocenters. The minimum Gasteiger partial charge on any atom is -0.361 e. The summed E-state index contributed by atoms with van der Waals surface area (Å²) < 4.78 is 55.8.